The highest BCUT2D eigenvalue weighted by Crippen LogP contribution is 2.24. The number of nitrogens with zero attached hydrogens (tertiary/aromatic N) is 1. The Morgan fingerprint density at radius 3 is 2.44 bits per heavy atom. The van der Waals surface area contributed by atoms with Crippen LogP contribution in [0, 0.1) is 5.41 Å². The van der Waals surface area contributed by atoms with Crippen LogP contribution < -0.4 is 0 Å². The van der Waals surface area contributed by atoms with Crippen molar-refractivity contribution in [1.29, 1.82) is 0 Å². The first-order valence-electron chi connectivity index (χ1n) is 5.23. The normalized spacial score (nSPS) is 24.4. The maximum absolute atomic E-state index is 12.0. The molecule has 94 valence electrons. The molecule has 1 amide bonds. The zero-order valence-corrected chi connectivity index (χ0v) is 11.4. The van der Waals surface area contributed by atoms with E-state index in [9.17, 15) is 13.2 Å². The summed E-state index contributed by atoms with van der Waals surface area (Å²) in [6, 6.07) is -0.194. The highest BCUT2D eigenvalue weighted by atomic mass is 35.5. The van der Waals surface area contributed by atoms with Gasteiger partial charge in [-0.15, -0.1) is 11.6 Å². The van der Waals surface area contributed by atoms with E-state index in [2.05, 4.69) is 0 Å². The second-order valence-corrected chi connectivity index (χ2v) is 7.49. The van der Waals surface area contributed by atoms with Gasteiger partial charge in [0.15, 0.2) is 9.84 Å². The first kappa shape index (κ1) is 13.8. The Morgan fingerprint density at radius 1 is 1.50 bits per heavy atom. The molecule has 0 N–H and O–H groups in total. The van der Waals surface area contributed by atoms with Gasteiger partial charge >= 0.3 is 0 Å². The number of alkyl halides is 1. The lowest BCUT2D eigenvalue weighted by Crippen LogP contribution is -2.45. The highest BCUT2D eigenvalue weighted by Gasteiger charge is 2.37. The fourth-order valence-electron chi connectivity index (χ4n) is 1.78. The summed E-state index contributed by atoms with van der Waals surface area (Å²) in [5.41, 5.74) is -0.636. The molecule has 1 atom stereocenters. The molecule has 1 aliphatic heterocycles. The largest absolute Gasteiger partial charge is 0.341 e. The molecule has 16 heavy (non-hydrogen) atoms. The first-order valence-corrected chi connectivity index (χ1v) is 7.59. The van der Waals surface area contributed by atoms with Gasteiger partial charge in [-0.25, -0.2) is 8.42 Å². The molecule has 1 fully saturated rings. The van der Waals surface area contributed by atoms with Crippen LogP contribution in [0.2, 0.25) is 0 Å². The van der Waals surface area contributed by atoms with Crippen molar-refractivity contribution in [1.82, 2.24) is 4.90 Å². The van der Waals surface area contributed by atoms with Gasteiger partial charge in [-0.3, -0.25) is 4.79 Å². The number of hydrogen-bond acceptors (Lipinski definition) is 3. The van der Waals surface area contributed by atoms with Gasteiger partial charge in [0.2, 0.25) is 5.91 Å². The molecule has 1 heterocycles. The van der Waals surface area contributed by atoms with E-state index in [0.717, 1.165) is 0 Å². The van der Waals surface area contributed by atoms with Gasteiger partial charge in [0.1, 0.15) is 0 Å². The van der Waals surface area contributed by atoms with E-state index < -0.39 is 15.3 Å². The maximum Gasteiger partial charge on any atom is 0.229 e. The lowest BCUT2D eigenvalue weighted by Gasteiger charge is -2.31. The van der Waals surface area contributed by atoms with Crippen LogP contribution in [0.15, 0.2) is 0 Å². The van der Waals surface area contributed by atoms with Crippen LogP contribution >= 0.6 is 11.6 Å². The summed E-state index contributed by atoms with van der Waals surface area (Å²) in [6.45, 7) is 3.53. The second kappa shape index (κ2) is 4.53. The average molecular weight is 268 g/mol. The monoisotopic (exact) mass is 267 g/mol. The minimum Gasteiger partial charge on any atom is -0.341 e. The SMILES string of the molecule is CN(C(=O)C(C)(C)CCl)C1CCS(=O)(=O)C1. The van der Waals surface area contributed by atoms with Crippen molar-refractivity contribution >= 4 is 27.3 Å². The molecule has 0 aromatic carbocycles. The Kier molecular flexibility index (Phi) is 3.90. The number of sulfone groups is 1. The predicted octanol–water partition coefficient (Wildman–Crippen LogP) is 0.897. The van der Waals surface area contributed by atoms with Crippen molar-refractivity contribution in [2.24, 2.45) is 5.41 Å². The predicted molar refractivity (Wildman–Crippen MR) is 64.3 cm³/mol. The fourth-order valence-corrected chi connectivity index (χ4v) is 3.67. The number of hydrogen-bond donors (Lipinski definition) is 0. The average Bonchev–Trinajstić information content (AvgIpc) is 2.56. The molecule has 1 saturated heterocycles. The zero-order chi connectivity index (χ0) is 12.6. The molecule has 0 bridgehead atoms. The van der Waals surface area contributed by atoms with Crippen molar-refractivity contribution in [3.63, 3.8) is 0 Å². The van der Waals surface area contributed by atoms with E-state index in [1.54, 1.807) is 20.9 Å². The van der Waals surface area contributed by atoms with E-state index in [0.29, 0.717) is 6.42 Å². The van der Waals surface area contributed by atoms with Gasteiger partial charge < -0.3 is 4.90 Å². The third-order valence-corrected chi connectivity index (χ3v) is 5.41. The molecule has 0 saturated carbocycles. The number of rotatable bonds is 3. The molecular weight excluding hydrogens is 250 g/mol. The smallest absolute Gasteiger partial charge is 0.229 e. The summed E-state index contributed by atoms with van der Waals surface area (Å²) in [5, 5.41) is 0. The van der Waals surface area contributed by atoms with Gasteiger partial charge in [-0.1, -0.05) is 0 Å². The summed E-state index contributed by atoms with van der Waals surface area (Å²) < 4.78 is 22.6. The van der Waals surface area contributed by atoms with Gasteiger partial charge in [0, 0.05) is 19.0 Å². The minimum atomic E-state index is -2.95. The molecule has 4 nitrogen and oxygen atoms in total. The Bertz CT molecular complexity index is 378. The van der Waals surface area contributed by atoms with Crippen LogP contribution in [0.25, 0.3) is 0 Å². The van der Waals surface area contributed by atoms with Gasteiger partial charge in [0.25, 0.3) is 0 Å². The van der Waals surface area contributed by atoms with Crippen LogP contribution in [0.1, 0.15) is 20.3 Å². The Morgan fingerprint density at radius 2 is 2.06 bits per heavy atom. The summed E-state index contributed by atoms with van der Waals surface area (Å²) in [7, 11) is -1.30. The van der Waals surface area contributed by atoms with Crippen LogP contribution in [-0.4, -0.2) is 49.7 Å². The van der Waals surface area contributed by atoms with E-state index in [-0.39, 0.29) is 29.3 Å². The number of amides is 1. The first-order chi connectivity index (χ1) is 7.19. The summed E-state index contributed by atoms with van der Waals surface area (Å²) in [6.07, 6.45) is 0.531. The molecule has 1 aliphatic rings. The standard InChI is InChI=1S/C10H18ClNO3S/c1-10(2,7-11)9(13)12(3)8-4-5-16(14,15)6-8/h8H,4-7H2,1-3H3. The summed E-state index contributed by atoms with van der Waals surface area (Å²) in [4.78, 5) is 13.6. The van der Waals surface area contributed by atoms with Crippen molar-refractivity contribution in [2.75, 3.05) is 24.4 Å². The van der Waals surface area contributed by atoms with Crippen LogP contribution in [0.3, 0.4) is 0 Å². The van der Waals surface area contributed by atoms with Crippen molar-refractivity contribution in [3.05, 3.63) is 0 Å². The van der Waals surface area contributed by atoms with Crippen LogP contribution in [0.5, 0.6) is 0 Å². The van der Waals surface area contributed by atoms with E-state index >= 15 is 0 Å². The molecule has 6 heteroatoms. The number of carbonyl (C=O) groups is 1. The highest BCUT2D eigenvalue weighted by molar-refractivity contribution is 7.91. The Hall–Kier alpha value is -0.290. The molecule has 0 aliphatic carbocycles. The van der Waals surface area contributed by atoms with Crippen LogP contribution in [0.4, 0.5) is 0 Å². The fraction of sp³-hybridized carbons (Fsp3) is 0.900. The van der Waals surface area contributed by atoms with Crippen molar-refractivity contribution in [2.45, 2.75) is 26.3 Å². The Labute approximate surface area is 102 Å². The van der Waals surface area contributed by atoms with Crippen molar-refractivity contribution < 1.29 is 13.2 Å². The van der Waals surface area contributed by atoms with Gasteiger partial charge in [-0.05, 0) is 20.3 Å². The van der Waals surface area contributed by atoms with Crippen molar-refractivity contribution in [3.8, 4) is 0 Å². The summed E-state index contributed by atoms with van der Waals surface area (Å²) in [5.74, 6) is 0.393. The molecule has 0 spiro atoms. The van der Waals surface area contributed by atoms with E-state index in [1.165, 1.54) is 4.90 Å². The Balaban J connectivity index is 2.73. The zero-order valence-electron chi connectivity index (χ0n) is 9.86. The quantitative estimate of drug-likeness (QED) is 0.714. The number of carbonyl (C=O) groups excluding carboxylic acids is 1. The topological polar surface area (TPSA) is 54.5 Å². The lowest BCUT2D eigenvalue weighted by molar-refractivity contribution is -0.139. The molecule has 0 radical (unpaired) electrons. The molecular formula is C10H18ClNO3S. The molecule has 1 rings (SSSR count). The van der Waals surface area contributed by atoms with E-state index in [1.807, 2.05) is 0 Å². The second-order valence-electron chi connectivity index (χ2n) is 4.99. The third kappa shape index (κ3) is 2.88. The van der Waals surface area contributed by atoms with Gasteiger partial charge in [0.05, 0.1) is 16.9 Å². The molecule has 1 unspecified atom stereocenters. The third-order valence-electron chi connectivity index (χ3n) is 2.99. The summed E-state index contributed by atoms with van der Waals surface area (Å²) >= 11 is 5.73. The molecule has 0 aromatic rings. The maximum atomic E-state index is 12.0. The number of halogens is 1. The van der Waals surface area contributed by atoms with E-state index in [4.69, 9.17) is 11.6 Å². The lowest BCUT2D eigenvalue weighted by atomic mass is 9.94. The minimum absolute atomic E-state index is 0.0770. The van der Waals surface area contributed by atoms with Crippen LogP contribution in [-0.2, 0) is 14.6 Å². The van der Waals surface area contributed by atoms with Gasteiger partial charge in [-0.2, -0.15) is 0 Å². The molecule has 0 aromatic heterocycles.